The molecular formula is C31H25ClF2N8O2. The number of nitrogen functional groups attached to an aromatic ring is 1. The fourth-order valence-corrected chi connectivity index (χ4v) is 5.65. The molecule has 44 heavy (non-hydrogen) atoms. The van der Waals surface area contributed by atoms with Gasteiger partial charge in [-0.15, -0.1) is 5.10 Å². The fraction of sp³-hybridized carbons (Fsp3) is 0.161. The van der Waals surface area contributed by atoms with Gasteiger partial charge in [-0.3, -0.25) is 4.79 Å². The first-order valence-corrected chi connectivity index (χ1v) is 14.0. The van der Waals surface area contributed by atoms with Crippen LogP contribution in [-0.4, -0.2) is 40.6 Å². The molecule has 5 aromatic rings. The molecule has 3 aromatic heterocycles. The van der Waals surface area contributed by atoms with Gasteiger partial charge in [-0.2, -0.15) is 13.5 Å². The number of rotatable bonds is 4. The highest BCUT2D eigenvalue weighted by atomic mass is 35.5. The Morgan fingerprint density at radius 1 is 1.05 bits per heavy atom. The lowest BCUT2D eigenvalue weighted by Crippen LogP contribution is -2.24. The van der Waals surface area contributed by atoms with E-state index in [-0.39, 0.29) is 29.1 Å². The predicted octanol–water partition coefficient (Wildman–Crippen LogP) is 5.52. The van der Waals surface area contributed by atoms with E-state index in [0.29, 0.717) is 46.0 Å². The Balaban J connectivity index is 0.000000374. The van der Waals surface area contributed by atoms with Crippen molar-refractivity contribution in [1.82, 2.24) is 29.8 Å². The van der Waals surface area contributed by atoms with Crippen LogP contribution in [0.2, 0.25) is 5.02 Å². The molecule has 0 saturated carbocycles. The summed E-state index contributed by atoms with van der Waals surface area (Å²) in [5.41, 5.74) is 9.70. The minimum absolute atomic E-state index is 0.0264. The Morgan fingerprint density at radius 2 is 1.89 bits per heavy atom. The van der Waals surface area contributed by atoms with E-state index < -0.39 is 17.9 Å². The molecule has 2 aliphatic rings. The third-order valence-electron chi connectivity index (χ3n) is 7.44. The van der Waals surface area contributed by atoms with Crippen LogP contribution >= 0.6 is 11.6 Å². The second kappa shape index (κ2) is 11.8. The lowest BCUT2D eigenvalue weighted by Gasteiger charge is -2.17. The highest BCUT2D eigenvalue weighted by molar-refractivity contribution is 6.31. The number of allylic oxidation sites excluding steroid dienone is 1. The molecule has 2 aliphatic heterocycles. The zero-order valence-electron chi connectivity index (χ0n) is 23.3. The smallest absolute Gasteiger partial charge is 0.251 e. The summed E-state index contributed by atoms with van der Waals surface area (Å²) in [5, 5.41) is 20.6. The van der Waals surface area contributed by atoms with Crippen LogP contribution in [-0.2, 0) is 6.42 Å². The van der Waals surface area contributed by atoms with E-state index in [1.165, 1.54) is 29.2 Å². The topological polar surface area (TPSA) is 137 Å². The van der Waals surface area contributed by atoms with E-state index in [1.807, 2.05) is 25.1 Å². The van der Waals surface area contributed by atoms with Gasteiger partial charge in [0.1, 0.15) is 17.9 Å². The highest BCUT2D eigenvalue weighted by Crippen LogP contribution is 2.40. The van der Waals surface area contributed by atoms with E-state index in [1.54, 1.807) is 34.9 Å². The number of phenolic OH excluding ortho intramolecular Hbond substituents is 1. The molecule has 0 spiro atoms. The Kier molecular flexibility index (Phi) is 7.75. The number of hydrogen-bond acceptors (Lipinski definition) is 8. The normalized spacial score (nSPS) is 15.5. The lowest BCUT2D eigenvalue weighted by atomic mass is 9.99. The number of nitrogens with two attached hydrogens (primary N) is 1. The Hall–Kier alpha value is -5.23. The van der Waals surface area contributed by atoms with E-state index >= 15 is 0 Å². The molecule has 0 bridgehead atoms. The fourth-order valence-electron chi connectivity index (χ4n) is 5.48. The van der Waals surface area contributed by atoms with Crippen LogP contribution in [0.25, 0.3) is 16.8 Å². The van der Waals surface area contributed by atoms with Crippen LogP contribution in [0.15, 0.2) is 94.4 Å². The van der Waals surface area contributed by atoms with Crippen LogP contribution in [0.4, 0.5) is 14.6 Å². The number of benzene rings is 2. The minimum atomic E-state index is -0.809. The third kappa shape index (κ3) is 5.71. The molecular weight excluding hydrogens is 590 g/mol. The number of hydrogen-bond donors (Lipinski definition) is 2. The Labute approximate surface area is 254 Å². The molecule has 0 unspecified atom stereocenters. The van der Waals surface area contributed by atoms with Gasteiger partial charge in [0.05, 0.1) is 23.0 Å². The van der Waals surface area contributed by atoms with Crippen LogP contribution in [0.1, 0.15) is 35.7 Å². The van der Waals surface area contributed by atoms with Crippen LogP contribution < -0.4 is 11.3 Å². The molecule has 13 heteroatoms. The average Bonchev–Trinajstić information content (AvgIpc) is 3.74. The number of aliphatic imine (C=N–C) groups is 1. The van der Waals surface area contributed by atoms with Crippen molar-refractivity contribution in [2.24, 2.45) is 4.99 Å². The molecule has 5 heterocycles. The molecule has 10 nitrogen and oxygen atoms in total. The van der Waals surface area contributed by atoms with Gasteiger partial charge in [0, 0.05) is 34.3 Å². The van der Waals surface area contributed by atoms with Crippen molar-refractivity contribution in [2.45, 2.75) is 32.2 Å². The average molecular weight is 615 g/mol. The quantitative estimate of drug-likeness (QED) is 0.201. The van der Waals surface area contributed by atoms with Crippen molar-refractivity contribution in [3.63, 3.8) is 0 Å². The van der Waals surface area contributed by atoms with E-state index in [9.17, 15) is 13.6 Å². The van der Waals surface area contributed by atoms with Crippen molar-refractivity contribution < 1.29 is 13.9 Å². The molecule has 3 N–H and O–H groups in total. The highest BCUT2D eigenvalue weighted by Gasteiger charge is 2.33. The number of aryl methyl sites for hydroxylation is 2. The summed E-state index contributed by atoms with van der Waals surface area (Å²) in [7, 11) is 0. The number of phenols is 1. The molecule has 222 valence electrons. The summed E-state index contributed by atoms with van der Waals surface area (Å²) >= 11 is 6.25. The first-order chi connectivity index (χ1) is 21.2. The summed E-state index contributed by atoms with van der Waals surface area (Å²) < 4.78 is 32.4. The number of tetrazole rings is 1. The summed E-state index contributed by atoms with van der Waals surface area (Å²) in [4.78, 5) is 20.9. The molecule has 0 radical (unpaired) electrons. The van der Waals surface area contributed by atoms with Crippen molar-refractivity contribution in [2.75, 3.05) is 5.73 Å². The number of aromatic nitrogens is 6. The van der Waals surface area contributed by atoms with Gasteiger partial charge in [0.25, 0.3) is 5.56 Å². The zero-order chi connectivity index (χ0) is 31.0. The zero-order valence-corrected chi connectivity index (χ0v) is 24.1. The number of fused-ring (bicyclic) bond motifs is 1. The number of nitrogens with zero attached hydrogens (tertiary/aromatic N) is 7. The van der Waals surface area contributed by atoms with Gasteiger partial charge in [0.15, 0.2) is 0 Å². The SMILES string of the molecule is Cc1cccc(O)c1.Nc1ccc(C2=NC(F)=C([C@@H]3CCc4cc(-c5cc(Cl)ccc5-n5cnnn5)cc(=O)n43)C2)c(F)n1. The molecule has 0 saturated heterocycles. The Bertz CT molecular complexity index is 1990. The maximum atomic E-state index is 15.0. The third-order valence-corrected chi connectivity index (χ3v) is 7.68. The van der Waals surface area contributed by atoms with Gasteiger partial charge >= 0.3 is 0 Å². The first-order valence-electron chi connectivity index (χ1n) is 13.6. The summed E-state index contributed by atoms with van der Waals surface area (Å²) in [6, 6.07) is 18.1. The van der Waals surface area contributed by atoms with Crippen molar-refractivity contribution in [3.8, 4) is 22.6 Å². The predicted molar refractivity (Wildman–Crippen MR) is 162 cm³/mol. The van der Waals surface area contributed by atoms with Crippen molar-refractivity contribution in [3.05, 3.63) is 123 Å². The Morgan fingerprint density at radius 3 is 2.59 bits per heavy atom. The van der Waals surface area contributed by atoms with Gasteiger partial charge in [-0.05, 0) is 89.8 Å². The molecule has 0 fully saturated rings. The number of pyridine rings is 2. The lowest BCUT2D eigenvalue weighted by molar-refractivity contribution is 0.475. The van der Waals surface area contributed by atoms with E-state index in [2.05, 4.69) is 25.5 Å². The molecule has 1 atom stereocenters. The van der Waals surface area contributed by atoms with Crippen LogP contribution in [0, 0.1) is 12.9 Å². The van der Waals surface area contributed by atoms with Gasteiger partial charge in [-0.25, -0.2) is 9.98 Å². The molecule has 2 aromatic carbocycles. The second-order valence-electron chi connectivity index (χ2n) is 10.4. The van der Waals surface area contributed by atoms with Gasteiger partial charge in [-0.1, -0.05) is 23.7 Å². The minimum Gasteiger partial charge on any atom is -0.508 e. The molecule has 0 aliphatic carbocycles. The summed E-state index contributed by atoms with van der Waals surface area (Å²) in [5.74, 6) is -1.15. The van der Waals surface area contributed by atoms with Crippen molar-refractivity contribution >= 4 is 23.1 Å². The van der Waals surface area contributed by atoms with Crippen LogP contribution in [0.3, 0.4) is 0 Å². The maximum absolute atomic E-state index is 15.0. The monoisotopic (exact) mass is 614 g/mol. The largest absolute Gasteiger partial charge is 0.508 e. The molecule has 0 amide bonds. The maximum Gasteiger partial charge on any atom is 0.251 e. The number of anilines is 1. The number of halogens is 3. The van der Waals surface area contributed by atoms with E-state index in [0.717, 1.165) is 11.3 Å². The number of aromatic hydroxyl groups is 1. The summed E-state index contributed by atoms with van der Waals surface area (Å²) in [6.07, 6.45) is 2.60. The first kappa shape index (κ1) is 28.9. The van der Waals surface area contributed by atoms with Gasteiger partial charge in [0.2, 0.25) is 11.9 Å². The molecule has 7 rings (SSSR count). The van der Waals surface area contributed by atoms with Crippen molar-refractivity contribution in [1.29, 1.82) is 0 Å². The van der Waals surface area contributed by atoms with Gasteiger partial charge < -0.3 is 15.4 Å². The second-order valence-corrected chi connectivity index (χ2v) is 10.8. The van der Waals surface area contributed by atoms with E-state index in [4.69, 9.17) is 22.4 Å². The standard InChI is InChI=1S/C24H17ClF2N8O.C7H8O/c25-13-1-4-19(34-11-29-32-33-34)16(9-13)12-7-14-2-5-20(35(14)22(36)8-12)17-10-18(30-24(17)27)15-3-6-21(28)31-23(15)26;1-6-3-2-4-7(8)5-6/h1,3-4,6-9,11,20H,2,5,10H2,(H2,28,31);2-5,8H,1H3/t20-;/m0./s1. The summed E-state index contributed by atoms with van der Waals surface area (Å²) in [6.45, 7) is 1.94. The van der Waals surface area contributed by atoms with Crippen LogP contribution in [0.5, 0.6) is 5.75 Å².